The predicted octanol–water partition coefficient (Wildman–Crippen LogP) is 5.42. The van der Waals surface area contributed by atoms with Crippen LogP contribution in [0.25, 0.3) is 0 Å². The van der Waals surface area contributed by atoms with E-state index in [9.17, 15) is 44.3 Å². The van der Waals surface area contributed by atoms with Crippen molar-refractivity contribution in [2.45, 2.75) is 25.2 Å². The molecule has 4 aromatic rings. The van der Waals surface area contributed by atoms with Crippen LogP contribution in [0.1, 0.15) is 31.8 Å². The number of alkyl halides is 6. The summed E-state index contributed by atoms with van der Waals surface area (Å²) in [7, 11) is -3.92. The summed E-state index contributed by atoms with van der Waals surface area (Å²) >= 11 is 6.32. The van der Waals surface area contributed by atoms with Crippen LogP contribution >= 0.6 is 11.6 Å². The number of benzene rings is 2. The molecule has 0 aliphatic carbocycles. The number of carbonyl (C=O) groups is 4. The molecule has 0 radical (unpaired) electrons. The van der Waals surface area contributed by atoms with Gasteiger partial charge in [-0.15, -0.1) is 0 Å². The Bertz CT molecular complexity index is 2150. The summed E-state index contributed by atoms with van der Waals surface area (Å²) < 4.78 is 92.3. The zero-order chi connectivity index (χ0) is 40.0. The number of nitrogens with zero attached hydrogens (tertiary/aromatic N) is 4. The van der Waals surface area contributed by atoms with Crippen LogP contribution in [0.3, 0.4) is 0 Å². The number of sulfonamides is 1. The fraction of sp³-hybridized carbons (Fsp3) is 0.194. The van der Waals surface area contributed by atoms with E-state index in [-0.39, 0.29) is 17.7 Å². The quantitative estimate of drug-likeness (QED) is 0.126. The Morgan fingerprint density at radius 3 is 2.02 bits per heavy atom. The van der Waals surface area contributed by atoms with Crippen molar-refractivity contribution in [3.05, 3.63) is 94.4 Å². The van der Waals surface area contributed by atoms with Gasteiger partial charge in [-0.25, -0.2) is 23.0 Å². The first kappa shape index (κ1) is 40.7. The molecule has 0 saturated heterocycles. The third-order valence-corrected chi connectivity index (χ3v) is 8.59. The Labute approximate surface area is 305 Å². The van der Waals surface area contributed by atoms with E-state index in [2.05, 4.69) is 30.3 Å². The molecule has 15 nitrogen and oxygen atoms in total. The molecule has 0 fully saturated rings. The molecule has 0 saturated carbocycles. The largest absolute Gasteiger partial charge is 0.490 e. The molecule has 54 heavy (non-hydrogen) atoms. The molecular formula is C31H24ClF6N7O8S. The van der Waals surface area contributed by atoms with Gasteiger partial charge in [-0.3, -0.25) is 24.2 Å². The highest BCUT2D eigenvalue weighted by Gasteiger charge is 2.39. The molecule has 4 heterocycles. The summed E-state index contributed by atoms with van der Waals surface area (Å²) in [6, 6.07) is 13.5. The number of nitrogens with one attached hydrogen (secondary N) is 3. The van der Waals surface area contributed by atoms with Crippen LogP contribution in [0, 0.1) is 0 Å². The SMILES string of the molecule is O=C(O)C(F)(F)F.O=C(O)C(F)(F)F.O=C1c2ccccc2C(=O)N1CCS(=O)(=O)Nc1ccc2cc1CCc1cncc(c1)Nc1ncc(Cl)c(n1)N2. The molecule has 6 bridgehead atoms. The van der Waals surface area contributed by atoms with Crippen LogP contribution in [0.2, 0.25) is 5.02 Å². The Hall–Kier alpha value is -6.03. The minimum atomic E-state index is -5.08. The summed E-state index contributed by atoms with van der Waals surface area (Å²) in [5.74, 6) is -6.24. The molecule has 2 aromatic heterocycles. The number of carboxylic acids is 2. The normalized spacial score (nSPS) is 13.5. The van der Waals surface area contributed by atoms with Crippen molar-refractivity contribution in [1.82, 2.24) is 19.9 Å². The maximum Gasteiger partial charge on any atom is 0.490 e. The Kier molecular flexibility index (Phi) is 12.3. The van der Waals surface area contributed by atoms with E-state index < -0.39 is 51.9 Å². The van der Waals surface area contributed by atoms with Gasteiger partial charge in [0.1, 0.15) is 5.02 Å². The smallest absolute Gasteiger partial charge is 0.475 e. The zero-order valence-corrected chi connectivity index (χ0v) is 28.4. The van der Waals surface area contributed by atoms with E-state index in [0.717, 1.165) is 16.0 Å². The predicted molar refractivity (Wildman–Crippen MR) is 178 cm³/mol. The van der Waals surface area contributed by atoms with Crippen molar-refractivity contribution >= 4 is 74.2 Å². The Morgan fingerprint density at radius 2 is 1.44 bits per heavy atom. The van der Waals surface area contributed by atoms with Gasteiger partial charge in [0.2, 0.25) is 16.0 Å². The number of halogens is 7. The maximum absolute atomic E-state index is 13.1. The molecule has 0 spiro atoms. The van der Waals surface area contributed by atoms with Gasteiger partial charge in [0.15, 0.2) is 5.82 Å². The molecule has 0 unspecified atom stereocenters. The van der Waals surface area contributed by atoms with E-state index in [1.807, 2.05) is 12.1 Å². The van der Waals surface area contributed by atoms with Crippen LogP contribution in [0.4, 0.5) is 55.2 Å². The van der Waals surface area contributed by atoms with Crippen molar-refractivity contribution in [2.24, 2.45) is 0 Å². The molecule has 286 valence electrons. The van der Waals surface area contributed by atoms with Crippen molar-refractivity contribution < 1.29 is 64.2 Å². The van der Waals surface area contributed by atoms with E-state index in [4.69, 9.17) is 31.4 Å². The molecule has 0 atom stereocenters. The number of amides is 2. The number of aromatic nitrogens is 3. The number of rotatable bonds is 5. The summed E-state index contributed by atoms with van der Waals surface area (Å²) in [5.41, 5.74) is 3.94. The molecular weight excluding hydrogens is 780 g/mol. The number of aliphatic carboxylic acids is 2. The number of anilines is 5. The van der Waals surface area contributed by atoms with E-state index >= 15 is 0 Å². The lowest BCUT2D eigenvalue weighted by molar-refractivity contribution is -0.193. The average Bonchev–Trinajstić information content (AvgIpc) is 3.33. The summed E-state index contributed by atoms with van der Waals surface area (Å²) in [5, 5.41) is 20.9. The second kappa shape index (κ2) is 16.3. The number of imide groups is 1. The molecule has 6 rings (SSSR count). The van der Waals surface area contributed by atoms with Gasteiger partial charge in [-0.1, -0.05) is 23.7 Å². The standard InChI is InChI=1S/C27H22ClN7O4S.2C2HF3O2/c28-22-15-30-27-32-19-11-16(13-29-14-19)5-6-17-12-18(31-24(22)33-27)7-8-23(17)34-40(38,39)10-9-35-25(36)20-3-1-2-4-21(20)26(35)37;2*3-2(4,5)1(6)7/h1-4,7-8,11-15,34H,5-6,9-10H2,(H2,30,31,32,33);2*(H,6,7). The van der Waals surface area contributed by atoms with Crippen molar-refractivity contribution in [3.63, 3.8) is 0 Å². The van der Waals surface area contributed by atoms with Crippen LogP contribution in [0.5, 0.6) is 0 Å². The number of aryl methyl sites for hydroxylation is 2. The second-order valence-electron chi connectivity index (χ2n) is 10.9. The van der Waals surface area contributed by atoms with Gasteiger partial charge in [-0.2, -0.15) is 31.3 Å². The first-order chi connectivity index (χ1) is 25.1. The first-order valence-corrected chi connectivity index (χ1v) is 16.9. The number of pyridine rings is 1. The fourth-order valence-electron chi connectivity index (χ4n) is 4.60. The second-order valence-corrected chi connectivity index (χ2v) is 13.2. The van der Waals surface area contributed by atoms with Gasteiger partial charge in [0.05, 0.1) is 40.6 Å². The number of hydrogen-bond donors (Lipinski definition) is 5. The molecule has 2 aromatic carbocycles. The minimum Gasteiger partial charge on any atom is -0.475 e. The van der Waals surface area contributed by atoms with Gasteiger partial charge < -0.3 is 20.8 Å². The fourth-order valence-corrected chi connectivity index (χ4v) is 5.80. The molecule has 5 N–H and O–H groups in total. The van der Waals surface area contributed by atoms with Crippen LogP contribution in [-0.4, -0.2) is 86.9 Å². The lowest BCUT2D eigenvalue weighted by Crippen LogP contribution is -2.35. The highest BCUT2D eigenvalue weighted by molar-refractivity contribution is 7.92. The van der Waals surface area contributed by atoms with Crippen LogP contribution in [0.15, 0.2) is 67.1 Å². The van der Waals surface area contributed by atoms with Crippen molar-refractivity contribution in [1.29, 1.82) is 0 Å². The summed E-state index contributed by atoms with van der Waals surface area (Å²) in [6.07, 6.45) is -4.22. The number of fused-ring (bicyclic) bond motifs is 7. The summed E-state index contributed by atoms with van der Waals surface area (Å²) in [4.78, 5) is 57.0. The average molecular weight is 804 g/mol. The van der Waals surface area contributed by atoms with Gasteiger partial charge in [0, 0.05) is 18.4 Å². The highest BCUT2D eigenvalue weighted by Crippen LogP contribution is 2.30. The zero-order valence-electron chi connectivity index (χ0n) is 26.9. The van der Waals surface area contributed by atoms with E-state index in [1.165, 1.54) is 6.20 Å². The van der Waals surface area contributed by atoms with Crippen LogP contribution in [-0.2, 0) is 32.5 Å². The van der Waals surface area contributed by atoms with E-state index in [1.54, 1.807) is 48.8 Å². The number of carboxylic acid groups (broad SMARTS) is 2. The Balaban J connectivity index is 0.000000396. The van der Waals surface area contributed by atoms with Gasteiger partial charge >= 0.3 is 24.3 Å². The van der Waals surface area contributed by atoms with Gasteiger partial charge in [0.25, 0.3) is 11.8 Å². The van der Waals surface area contributed by atoms with E-state index in [0.29, 0.717) is 46.7 Å². The third-order valence-electron chi connectivity index (χ3n) is 7.06. The molecule has 2 aliphatic heterocycles. The van der Waals surface area contributed by atoms with Gasteiger partial charge in [-0.05, 0) is 60.4 Å². The Morgan fingerprint density at radius 1 is 0.852 bits per heavy atom. The summed E-state index contributed by atoms with van der Waals surface area (Å²) in [6.45, 7) is -0.267. The van der Waals surface area contributed by atoms with Crippen molar-refractivity contribution in [2.75, 3.05) is 27.7 Å². The third kappa shape index (κ3) is 10.8. The minimum absolute atomic E-state index is 0.267. The monoisotopic (exact) mass is 803 g/mol. The first-order valence-electron chi connectivity index (χ1n) is 14.8. The molecule has 2 aliphatic rings. The van der Waals surface area contributed by atoms with Crippen molar-refractivity contribution in [3.8, 4) is 0 Å². The topological polar surface area (TPSA) is 221 Å². The molecule has 23 heteroatoms. The number of carbonyl (C=O) groups excluding carboxylic acids is 2. The maximum atomic E-state index is 13.1. The number of hydrogen-bond acceptors (Lipinski definition) is 11. The van der Waals surface area contributed by atoms with Crippen LogP contribution < -0.4 is 15.4 Å². The molecule has 2 amide bonds. The lowest BCUT2D eigenvalue weighted by Gasteiger charge is -2.17. The highest BCUT2D eigenvalue weighted by atomic mass is 35.5. The lowest BCUT2D eigenvalue weighted by atomic mass is 10.0.